The number of ether oxygens (including phenoxy) is 1. The Morgan fingerprint density at radius 1 is 0.889 bits per heavy atom. The van der Waals surface area contributed by atoms with Crippen molar-refractivity contribution < 1.29 is 18.7 Å². The molecule has 2 amide bonds. The van der Waals surface area contributed by atoms with Crippen molar-refractivity contribution in [2.45, 2.75) is 6.92 Å². The van der Waals surface area contributed by atoms with Crippen molar-refractivity contribution in [1.82, 2.24) is 0 Å². The van der Waals surface area contributed by atoms with Gasteiger partial charge in [0.25, 0.3) is 5.91 Å². The van der Waals surface area contributed by atoms with Crippen LogP contribution in [0.25, 0.3) is 0 Å². The zero-order valence-corrected chi connectivity index (χ0v) is 14.5. The van der Waals surface area contributed by atoms with E-state index in [4.69, 9.17) is 4.74 Å². The van der Waals surface area contributed by atoms with E-state index < -0.39 is 17.6 Å². The Bertz CT molecular complexity index is 974. The lowest BCUT2D eigenvalue weighted by Gasteiger charge is -2.12. The molecule has 27 heavy (non-hydrogen) atoms. The lowest BCUT2D eigenvalue weighted by molar-refractivity contribution is -0.114. The Labute approximate surface area is 155 Å². The third-order valence-corrected chi connectivity index (χ3v) is 3.64. The zero-order valence-electron chi connectivity index (χ0n) is 14.5. The number of anilines is 2. The molecule has 0 aliphatic carbocycles. The minimum absolute atomic E-state index is 0.00544. The summed E-state index contributed by atoms with van der Waals surface area (Å²) < 4.78 is 19.5. The van der Waals surface area contributed by atoms with E-state index in [0.717, 1.165) is 0 Å². The summed E-state index contributed by atoms with van der Waals surface area (Å²) in [6.45, 7) is 1.28. The first-order chi connectivity index (χ1) is 13.0. The minimum atomic E-state index is -0.587. The molecule has 0 aromatic heterocycles. The molecule has 0 saturated heterocycles. The summed E-state index contributed by atoms with van der Waals surface area (Å²) in [6.07, 6.45) is 0. The summed E-state index contributed by atoms with van der Waals surface area (Å²) in [5.74, 6) is -0.408. The summed E-state index contributed by atoms with van der Waals surface area (Å²) in [5, 5.41) is 5.07. The molecular weight excluding hydrogens is 347 g/mol. The highest BCUT2D eigenvalue weighted by atomic mass is 19.1. The lowest BCUT2D eigenvalue weighted by atomic mass is 10.1. The molecule has 0 heterocycles. The van der Waals surface area contributed by atoms with Gasteiger partial charge in [0.2, 0.25) is 5.91 Å². The first-order valence-electron chi connectivity index (χ1n) is 8.23. The zero-order chi connectivity index (χ0) is 19.2. The summed E-state index contributed by atoms with van der Waals surface area (Å²) in [5.41, 5.74) is 0.667. The second kappa shape index (κ2) is 8.14. The molecule has 3 rings (SSSR count). The molecule has 3 aromatic rings. The molecule has 2 N–H and O–H groups in total. The van der Waals surface area contributed by atoms with Crippen LogP contribution in [0, 0.1) is 5.82 Å². The lowest BCUT2D eigenvalue weighted by Crippen LogP contribution is -2.14. The van der Waals surface area contributed by atoms with Gasteiger partial charge in [0.15, 0.2) is 0 Å². The number of nitrogens with one attached hydrogen (secondary N) is 2. The van der Waals surface area contributed by atoms with E-state index in [0.29, 0.717) is 22.7 Å². The Balaban J connectivity index is 1.82. The maximum absolute atomic E-state index is 13.7. The summed E-state index contributed by atoms with van der Waals surface area (Å²) in [4.78, 5) is 23.8. The quantitative estimate of drug-likeness (QED) is 0.681. The standard InChI is InChI=1S/C21H17FN2O3/c1-14(25)23-19-13-15(11-12-18(19)22)24-21(26)17-9-5-6-10-20(17)27-16-7-3-2-4-8-16/h2-13H,1H3,(H,23,25)(H,24,26). The SMILES string of the molecule is CC(=O)Nc1cc(NC(=O)c2ccccc2Oc2ccccc2)ccc1F. The molecule has 0 spiro atoms. The van der Waals surface area contributed by atoms with E-state index in [1.165, 1.54) is 25.1 Å². The van der Waals surface area contributed by atoms with Crippen LogP contribution in [-0.4, -0.2) is 11.8 Å². The fourth-order valence-electron chi connectivity index (χ4n) is 2.45. The predicted molar refractivity (Wildman–Crippen MR) is 102 cm³/mol. The highest BCUT2D eigenvalue weighted by molar-refractivity contribution is 6.06. The Morgan fingerprint density at radius 3 is 2.33 bits per heavy atom. The number of halogens is 1. The van der Waals surface area contributed by atoms with Gasteiger partial charge in [-0.2, -0.15) is 0 Å². The Morgan fingerprint density at radius 2 is 1.59 bits per heavy atom. The van der Waals surface area contributed by atoms with E-state index in [1.807, 2.05) is 18.2 Å². The van der Waals surface area contributed by atoms with E-state index >= 15 is 0 Å². The molecule has 0 bridgehead atoms. The molecule has 0 atom stereocenters. The van der Waals surface area contributed by atoms with Crippen molar-refractivity contribution in [1.29, 1.82) is 0 Å². The molecule has 0 saturated carbocycles. The molecule has 0 unspecified atom stereocenters. The normalized spacial score (nSPS) is 10.1. The average Bonchev–Trinajstić information content (AvgIpc) is 2.65. The highest BCUT2D eigenvalue weighted by Crippen LogP contribution is 2.26. The van der Waals surface area contributed by atoms with Gasteiger partial charge in [-0.3, -0.25) is 9.59 Å². The number of carbonyl (C=O) groups is 2. The van der Waals surface area contributed by atoms with E-state index in [-0.39, 0.29) is 5.69 Å². The van der Waals surface area contributed by atoms with Crippen LogP contribution < -0.4 is 15.4 Å². The number of hydrogen-bond acceptors (Lipinski definition) is 3. The Kier molecular flexibility index (Phi) is 5.47. The van der Waals surface area contributed by atoms with Crippen molar-refractivity contribution in [2.24, 2.45) is 0 Å². The molecular formula is C21H17FN2O3. The molecule has 0 aliphatic heterocycles. The van der Waals surface area contributed by atoms with Crippen molar-refractivity contribution in [2.75, 3.05) is 10.6 Å². The van der Waals surface area contributed by atoms with Crippen molar-refractivity contribution >= 4 is 23.2 Å². The number of benzene rings is 3. The molecule has 136 valence electrons. The molecule has 0 aliphatic rings. The van der Waals surface area contributed by atoms with E-state index in [9.17, 15) is 14.0 Å². The van der Waals surface area contributed by atoms with Crippen LogP contribution in [0.2, 0.25) is 0 Å². The molecule has 3 aromatic carbocycles. The number of amides is 2. The van der Waals surface area contributed by atoms with Gasteiger partial charge in [-0.05, 0) is 42.5 Å². The smallest absolute Gasteiger partial charge is 0.259 e. The van der Waals surface area contributed by atoms with Gasteiger partial charge in [0, 0.05) is 12.6 Å². The van der Waals surface area contributed by atoms with Crippen LogP contribution in [0.5, 0.6) is 11.5 Å². The fourth-order valence-corrected chi connectivity index (χ4v) is 2.45. The summed E-state index contributed by atoms with van der Waals surface area (Å²) >= 11 is 0. The number of carbonyl (C=O) groups excluding carboxylic acids is 2. The molecule has 0 radical (unpaired) electrons. The van der Waals surface area contributed by atoms with Gasteiger partial charge in [-0.25, -0.2) is 4.39 Å². The van der Waals surface area contributed by atoms with E-state index in [1.54, 1.807) is 36.4 Å². The fraction of sp³-hybridized carbons (Fsp3) is 0.0476. The second-order valence-corrected chi connectivity index (χ2v) is 5.74. The van der Waals surface area contributed by atoms with Crippen LogP contribution in [0.4, 0.5) is 15.8 Å². The van der Waals surface area contributed by atoms with Gasteiger partial charge in [-0.15, -0.1) is 0 Å². The van der Waals surface area contributed by atoms with E-state index in [2.05, 4.69) is 10.6 Å². The molecule has 0 fully saturated rings. The van der Waals surface area contributed by atoms with Gasteiger partial charge in [0.05, 0.1) is 11.3 Å². The predicted octanol–water partition coefficient (Wildman–Crippen LogP) is 4.83. The second-order valence-electron chi connectivity index (χ2n) is 5.74. The third kappa shape index (κ3) is 4.70. The van der Waals surface area contributed by atoms with Crippen molar-refractivity contribution in [3.63, 3.8) is 0 Å². The van der Waals surface area contributed by atoms with Gasteiger partial charge >= 0.3 is 0 Å². The summed E-state index contributed by atoms with van der Waals surface area (Å²) in [7, 11) is 0. The first-order valence-corrected chi connectivity index (χ1v) is 8.23. The van der Waals surface area contributed by atoms with Crippen LogP contribution in [0.3, 0.4) is 0 Å². The Hall–Kier alpha value is -3.67. The minimum Gasteiger partial charge on any atom is -0.457 e. The average molecular weight is 364 g/mol. The number of rotatable bonds is 5. The van der Waals surface area contributed by atoms with Crippen molar-refractivity contribution in [3.8, 4) is 11.5 Å². The maximum atomic E-state index is 13.7. The maximum Gasteiger partial charge on any atom is 0.259 e. The third-order valence-electron chi connectivity index (χ3n) is 3.64. The largest absolute Gasteiger partial charge is 0.457 e. The van der Waals surface area contributed by atoms with Crippen LogP contribution in [0.1, 0.15) is 17.3 Å². The molecule has 6 heteroatoms. The van der Waals surface area contributed by atoms with Crippen molar-refractivity contribution in [3.05, 3.63) is 84.2 Å². The number of hydrogen-bond donors (Lipinski definition) is 2. The van der Waals surface area contributed by atoms with Crippen LogP contribution in [0.15, 0.2) is 72.8 Å². The van der Waals surface area contributed by atoms with Crippen LogP contribution >= 0.6 is 0 Å². The summed E-state index contributed by atoms with van der Waals surface area (Å²) in [6, 6.07) is 19.9. The molecule has 5 nitrogen and oxygen atoms in total. The monoisotopic (exact) mass is 364 g/mol. The first kappa shape index (κ1) is 18.1. The van der Waals surface area contributed by atoms with Gasteiger partial charge in [-0.1, -0.05) is 30.3 Å². The number of para-hydroxylation sites is 2. The highest BCUT2D eigenvalue weighted by Gasteiger charge is 2.14. The topological polar surface area (TPSA) is 67.4 Å². The van der Waals surface area contributed by atoms with Gasteiger partial charge < -0.3 is 15.4 Å². The van der Waals surface area contributed by atoms with Crippen LogP contribution in [-0.2, 0) is 4.79 Å². The van der Waals surface area contributed by atoms with Gasteiger partial charge in [0.1, 0.15) is 17.3 Å².